The molecule has 0 bridgehead atoms. The number of hydrogen-bond donors (Lipinski definition) is 0. The van der Waals surface area contributed by atoms with E-state index >= 15 is 0 Å². The highest BCUT2D eigenvalue weighted by Gasteiger charge is 2.42. The maximum Gasteiger partial charge on any atom is 0.179 e. The molecule has 5 heteroatoms. The molecular weight excluding hydrogens is 1110 g/mol. The van der Waals surface area contributed by atoms with Gasteiger partial charge in [0.1, 0.15) is 0 Å². The molecule has 0 aliphatic carbocycles. The molecular formula is C84H53N3SSi. The Labute approximate surface area is 518 Å². The van der Waals surface area contributed by atoms with Gasteiger partial charge in [-0.15, -0.1) is 11.3 Å². The second-order valence-corrected chi connectivity index (χ2v) is 28.7. The van der Waals surface area contributed by atoms with Gasteiger partial charge >= 0.3 is 0 Å². The molecule has 19 aromatic rings. The molecule has 4 heterocycles. The van der Waals surface area contributed by atoms with Gasteiger partial charge in [-0.25, -0.2) is 0 Å². The van der Waals surface area contributed by atoms with E-state index in [-0.39, 0.29) is 0 Å². The van der Waals surface area contributed by atoms with Gasteiger partial charge in [0.15, 0.2) is 8.07 Å². The molecule has 0 atom stereocenters. The van der Waals surface area contributed by atoms with Crippen molar-refractivity contribution in [2.45, 2.75) is 0 Å². The van der Waals surface area contributed by atoms with Crippen LogP contribution in [-0.2, 0) is 0 Å². The number of rotatable bonds is 8. The number of hydrogen-bond acceptors (Lipinski definition) is 1. The van der Waals surface area contributed by atoms with Crippen LogP contribution in [0.2, 0.25) is 0 Å². The molecule has 0 unspecified atom stereocenters. The lowest BCUT2D eigenvalue weighted by Crippen LogP contribution is -2.74. The molecule has 19 rings (SSSR count). The topological polar surface area (TPSA) is 14.8 Å². The zero-order valence-electron chi connectivity index (χ0n) is 48.3. The molecule has 0 aliphatic heterocycles. The van der Waals surface area contributed by atoms with Gasteiger partial charge in [0.25, 0.3) is 0 Å². The molecule has 0 spiro atoms. The smallest absolute Gasteiger partial charge is 0.179 e. The molecule has 4 aromatic heterocycles. The van der Waals surface area contributed by atoms with Crippen LogP contribution < -0.4 is 20.7 Å². The van der Waals surface area contributed by atoms with Crippen molar-refractivity contribution >= 4 is 158 Å². The van der Waals surface area contributed by atoms with Gasteiger partial charge in [0, 0.05) is 74.9 Å². The van der Waals surface area contributed by atoms with Crippen molar-refractivity contribution in [1.29, 1.82) is 0 Å². The Morgan fingerprint density at radius 2 is 0.640 bits per heavy atom. The van der Waals surface area contributed by atoms with Gasteiger partial charge < -0.3 is 13.7 Å². The van der Waals surface area contributed by atoms with E-state index in [0.29, 0.717) is 0 Å². The highest BCUT2D eigenvalue weighted by atomic mass is 32.1. The number of nitrogens with zero attached hydrogens (tertiary/aromatic N) is 3. The minimum Gasteiger partial charge on any atom is -0.309 e. The monoisotopic (exact) mass is 1160 g/mol. The molecule has 0 amide bonds. The Balaban J connectivity index is 0.871. The van der Waals surface area contributed by atoms with Gasteiger partial charge in [-0.1, -0.05) is 243 Å². The van der Waals surface area contributed by atoms with Crippen molar-refractivity contribution < 1.29 is 0 Å². The minimum atomic E-state index is -3.11. The lowest BCUT2D eigenvalue weighted by molar-refractivity contribution is 1.16. The first-order chi connectivity index (χ1) is 44.2. The van der Waals surface area contributed by atoms with Crippen molar-refractivity contribution in [3.63, 3.8) is 0 Å². The van der Waals surface area contributed by atoms with E-state index in [1.165, 1.54) is 144 Å². The normalized spacial score (nSPS) is 12.3. The fourth-order valence-corrected chi connectivity index (χ4v) is 21.7. The SMILES string of the molecule is c1ccc([Si](c2ccccc2)(c2cccc(-c3cccc4c3sc3ccccc34)c2)c2cccc(-n3c4ccc(-n5c6ccccc6c6cc(-n7c8ccccc8c8ccccc87)ccc65)cc4c4c5c6ccccc6c6ccccc6c5ccc43)c2)cc1. The van der Waals surface area contributed by atoms with Gasteiger partial charge in [0.2, 0.25) is 0 Å². The van der Waals surface area contributed by atoms with Crippen molar-refractivity contribution in [1.82, 2.24) is 13.7 Å². The summed E-state index contributed by atoms with van der Waals surface area (Å²) in [7, 11) is -3.11. The van der Waals surface area contributed by atoms with Crippen LogP contribution in [-0.4, -0.2) is 21.8 Å². The number of benzene rings is 15. The molecule has 0 N–H and O–H groups in total. The highest BCUT2D eigenvalue weighted by Crippen LogP contribution is 2.46. The van der Waals surface area contributed by atoms with E-state index in [2.05, 4.69) is 335 Å². The van der Waals surface area contributed by atoms with E-state index in [0.717, 1.165) is 22.6 Å². The maximum absolute atomic E-state index is 3.11. The van der Waals surface area contributed by atoms with E-state index in [1.54, 1.807) is 0 Å². The van der Waals surface area contributed by atoms with Crippen LogP contribution in [0.5, 0.6) is 0 Å². The standard InChI is InChI=1S/C84H53N3SSi/c1-3-24-58(25-4-1)89(59-26-5-2-6-27-59,60-28-19-22-54(50-60)62-38-21-39-72-69-36-14-18-43-81(69)88-84(62)72)61-29-20-23-55(51-61)87-79-48-45-57(53-74(79)83-80(87)49-46-71-65-32-8-7-30-63(65)64-31-9-10-37-70(64)82(71)83)86-77-42-17-13-35-68(77)73-52-56(44-47-78(73)86)85-75-40-15-11-33-66(75)67-34-12-16-41-76(67)85/h1-53H. The number of fused-ring (bicyclic) bond motifs is 19. The van der Waals surface area contributed by atoms with Gasteiger partial charge in [0.05, 0.1) is 33.1 Å². The second-order valence-electron chi connectivity index (χ2n) is 23.8. The number of aromatic nitrogens is 3. The molecule has 3 nitrogen and oxygen atoms in total. The van der Waals surface area contributed by atoms with E-state index in [1.807, 2.05) is 11.3 Å². The predicted octanol–water partition coefficient (Wildman–Crippen LogP) is 19.8. The first-order valence-electron chi connectivity index (χ1n) is 30.7. The van der Waals surface area contributed by atoms with Crippen LogP contribution in [0.3, 0.4) is 0 Å². The largest absolute Gasteiger partial charge is 0.309 e. The first kappa shape index (κ1) is 50.1. The first-order valence-corrected chi connectivity index (χ1v) is 33.5. The third-order valence-electron chi connectivity index (χ3n) is 19.3. The Hall–Kier alpha value is -11.1. The van der Waals surface area contributed by atoms with Crippen LogP contribution in [0.25, 0.3) is 146 Å². The van der Waals surface area contributed by atoms with Crippen molar-refractivity contribution in [3.8, 4) is 28.2 Å². The average molecular weight is 1160 g/mol. The molecule has 0 saturated heterocycles. The summed E-state index contributed by atoms with van der Waals surface area (Å²) < 4.78 is 10.1. The minimum absolute atomic E-state index is 1.12. The fourth-order valence-electron chi connectivity index (χ4n) is 15.6. The third-order valence-corrected chi connectivity index (χ3v) is 25.3. The van der Waals surface area contributed by atoms with E-state index in [9.17, 15) is 0 Å². The summed E-state index contributed by atoms with van der Waals surface area (Å²) >= 11 is 1.90. The predicted molar refractivity (Wildman–Crippen MR) is 384 cm³/mol. The van der Waals surface area contributed by atoms with Crippen LogP contribution in [0, 0.1) is 0 Å². The molecule has 15 aromatic carbocycles. The van der Waals surface area contributed by atoms with Crippen LogP contribution in [0.1, 0.15) is 0 Å². The van der Waals surface area contributed by atoms with Crippen LogP contribution >= 0.6 is 11.3 Å². The molecule has 414 valence electrons. The van der Waals surface area contributed by atoms with Gasteiger partial charge in [-0.3, -0.25) is 0 Å². The summed E-state index contributed by atoms with van der Waals surface area (Å²) in [6.07, 6.45) is 0. The lowest BCUT2D eigenvalue weighted by Gasteiger charge is -2.35. The summed E-state index contributed by atoms with van der Waals surface area (Å²) in [6.45, 7) is 0. The van der Waals surface area contributed by atoms with Crippen molar-refractivity contribution in [2.75, 3.05) is 0 Å². The molecule has 0 aliphatic rings. The Morgan fingerprint density at radius 3 is 1.28 bits per heavy atom. The molecule has 0 saturated carbocycles. The lowest BCUT2D eigenvalue weighted by atomic mass is 9.92. The van der Waals surface area contributed by atoms with Gasteiger partial charge in [-0.2, -0.15) is 0 Å². The van der Waals surface area contributed by atoms with Gasteiger partial charge in [-0.05, 0) is 138 Å². The quantitative estimate of drug-likeness (QED) is 0.0818. The summed E-state index contributed by atoms with van der Waals surface area (Å²) in [5.41, 5.74) is 13.0. The summed E-state index contributed by atoms with van der Waals surface area (Å²) in [6, 6.07) is 121. The zero-order chi connectivity index (χ0) is 58.3. The highest BCUT2D eigenvalue weighted by molar-refractivity contribution is 7.26. The molecule has 89 heavy (non-hydrogen) atoms. The van der Waals surface area contributed by atoms with E-state index in [4.69, 9.17) is 0 Å². The second kappa shape index (κ2) is 19.5. The van der Waals surface area contributed by atoms with E-state index < -0.39 is 8.07 Å². The average Bonchev–Trinajstić information content (AvgIpc) is 1.91. The van der Waals surface area contributed by atoms with Crippen molar-refractivity contribution in [3.05, 3.63) is 322 Å². The fraction of sp³-hybridized carbons (Fsp3) is 0. The third kappa shape index (κ3) is 7.26. The number of para-hydroxylation sites is 3. The van der Waals surface area contributed by atoms with Crippen LogP contribution in [0.4, 0.5) is 0 Å². The Morgan fingerprint density at radius 1 is 0.225 bits per heavy atom. The molecule has 0 radical (unpaired) electrons. The van der Waals surface area contributed by atoms with Crippen molar-refractivity contribution in [2.24, 2.45) is 0 Å². The summed E-state index contributed by atoms with van der Waals surface area (Å²) in [5, 5.41) is 22.9. The Bertz CT molecular complexity index is 6000. The number of thiophene rings is 1. The molecule has 0 fully saturated rings. The maximum atomic E-state index is 2.57. The Kier molecular flexibility index (Phi) is 11.0. The summed E-state index contributed by atoms with van der Waals surface area (Å²) in [5.74, 6) is 0. The van der Waals surface area contributed by atoms with Crippen LogP contribution in [0.15, 0.2) is 322 Å². The summed E-state index contributed by atoms with van der Waals surface area (Å²) in [4.78, 5) is 0. The zero-order valence-corrected chi connectivity index (χ0v) is 50.2.